The number of ether oxygens (including phenoxy) is 1. The van der Waals surface area contributed by atoms with E-state index < -0.39 is 0 Å². The molecule has 0 spiro atoms. The largest absolute Gasteiger partial charge is 0.373 e. The van der Waals surface area contributed by atoms with E-state index in [0.29, 0.717) is 18.4 Å². The lowest BCUT2D eigenvalue weighted by Crippen LogP contribution is -2.50. The average molecular weight is 268 g/mol. The van der Waals surface area contributed by atoms with Gasteiger partial charge in [-0.2, -0.15) is 0 Å². The number of carbonyl (C=O) groups excluding carboxylic acids is 1. The highest BCUT2D eigenvalue weighted by atomic mass is 16.5. The average Bonchev–Trinajstić information content (AvgIpc) is 2.98. The molecule has 0 bridgehead atoms. The molecule has 19 heavy (non-hydrogen) atoms. The van der Waals surface area contributed by atoms with Crippen molar-refractivity contribution in [2.24, 2.45) is 5.92 Å². The molecule has 0 aromatic rings. The van der Waals surface area contributed by atoms with Gasteiger partial charge in [0.15, 0.2) is 0 Å². The predicted molar refractivity (Wildman–Crippen MR) is 76.1 cm³/mol. The van der Waals surface area contributed by atoms with Gasteiger partial charge < -0.3 is 14.5 Å². The van der Waals surface area contributed by atoms with Gasteiger partial charge in [-0.25, -0.2) is 0 Å². The number of carbonyl (C=O) groups is 1. The highest BCUT2D eigenvalue weighted by Gasteiger charge is 2.31. The van der Waals surface area contributed by atoms with Gasteiger partial charge in [0.25, 0.3) is 0 Å². The molecule has 0 aromatic heterocycles. The molecule has 110 valence electrons. The minimum Gasteiger partial charge on any atom is -0.373 e. The zero-order valence-electron chi connectivity index (χ0n) is 12.4. The van der Waals surface area contributed by atoms with Gasteiger partial charge in [-0.1, -0.05) is 26.7 Å². The maximum atomic E-state index is 12.4. The lowest BCUT2D eigenvalue weighted by atomic mass is 10.1. The molecule has 4 nitrogen and oxygen atoms in total. The quantitative estimate of drug-likeness (QED) is 0.761. The summed E-state index contributed by atoms with van der Waals surface area (Å²) < 4.78 is 5.82. The van der Waals surface area contributed by atoms with E-state index in [2.05, 4.69) is 18.7 Å². The van der Waals surface area contributed by atoms with E-state index in [0.717, 1.165) is 45.6 Å². The van der Waals surface area contributed by atoms with Gasteiger partial charge in [-0.3, -0.25) is 4.79 Å². The van der Waals surface area contributed by atoms with E-state index in [9.17, 15) is 4.79 Å². The third-order valence-corrected chi connectivity index (χ3v) is 4.51. The van der Waals surface area contributed by atoms with Crippen LogP contribution in [-0.4, -0.2) is 61.1 Å². The number of hydrogen-bond donors (Lipinski definition) is 0. The van der Waals surface area contributed by atoms with Gasteiger partial charge in [0, 0.05) is 25.6 Å². The van der Waals surface area contributed by atoms with E-state index in [1.165, 1.54) is 12.8 Å². The Morgan fingerprint density at radius 2 is 1.95 bits per heavy atom. The van der Waals surface area contributed by atoms with Crippen LogP contribution in [-0.2, 0) is 9.53 Å². The summed E-state index contributed by atoms with van der Waals surface area (Å²) in [7, 11) is 0. The van der Waals surface area contributed by atoms with E-state index >= 15 is 0 Å². The van der Waals surface area contributed by atoms with Crippen molar-refractivity contribution in [2.45, 2.75) is 45.6 Å². The minimum atomic E-state index is 0.194. The molecule has 1 unspecified atom stereocenters. The second kappa shape index (κ2) is 7.25. The van der Waals surface area contributed by atoms with Gasteiger partial charge in [0.2, 0.25) is 5.91 Å². The van der Waals surface area contributed by atoms with Crippen molar-refractivity contribution >= 4 is 5.91 Å². The molecule has 0 aromatic carbocycles. The monoisotopic (exact) mass is 268 g/mol. The fourth-order valence-corrected chi connectivity index (χ4v) is 3.23. The standard InChI is InChI=1S/C15H28N2O2/c1-3-16(4-2)11-14-12-17(9-10-19-14)15(18)13-7-5-6-8-13/h13-14H,3-12H2,1-2H3. The topological polar surface area (TPSA) is 32.8 Å². The Hall–Kier alpha value is -0.610. The van der Waals surface area contributed by atoms with E-state index in [1.807, 2.05) is 4.90 Å². The van der Waals surface area contributed by atoms with E-state index in [4.69, 9.17) is 4.74 Å². The summed E-state index contributed by atoms with van der Waals surface area (Å²) in [4.78, 5) is 16.8. The summed E-state index contributed by atoms with van der Waals surface area (Å²) >= 11 is 0. The summed E-state index contributed by atoms with van der Waals surface area (Å²) in [6.07, 6.45) is 4.83. The highest BCUT2D eigenvalue weighted by molar-refractivity contribution is 5.79. The van der Waals surface area contributed by atoms with Crippen molar-refractivity contribution in [3.05, 3.63) is 0 Å². The van der Waals surface area contributed by atoms with Gasteiger partial charge in [0.1, 0.15) is 0 Å². The van der Waals surface area contributed by atoms with Crippen LogP contribution < -0.4 is 0 Å². The molecule has 1 aliphatic carbocycles. The SMILES string of the molecule is CCN(CC)CC1CN(C(=O)C2CCCC2)CCO1. The highest BCUT2D eigenvalue weighted by Crippen LogP contribution is 2.27. The normalized spacial score (nSPS) is 25.2. The molecule has 0 N–H and O–H groups in total. The van der Waals surface area contributed by atoms with Gasteiger partial charge in [-0.15, -0.1) is 0 Å². The molecule has 2 fully saturated rings. The summed E-state index contributed by atoms with van der Waals surface area (Å²) in [5.74, 6) is 0.678. The van der Waals surface area contributed by atoms with E-state index in [-0.39, 0.29) is 6.10 Å². The fraction of sp³-hybridized carbons (Fsp3) is 0.933. The van der Waals surface area contributed by atoms with Crippen LogP contribution in [0, 0.1) is 5.92 Å². The Morgan fingerprint density at radius 1 is 1.26 bits per heavy atom. The van der Waals surface area contributed by atoms with Crippen LogP contribution in [0.1, 0.15) is 39.5 Å². The van der Waals surface area contributed by atoms with Crippen LogP contribution >= 0.6 is 0 Å². The third kappa shape index (κ3) is 3.93. The lowest BCUT2D eigenvalue weighted by Gasteiger charge is -2.36. The number of morpholine rings is 1. The first-order valence-electron chi connectivity index (χ1n) is 7.87. The number of hydrogen-bond acceptors (Lipinski definition) is 3. The van der Waals surface area contributed by atoms with Crippen LogP contribution in [0.2, 0.25) is 0 Å². The minimum absolute atomic E-state index is 0.194. The number of likely N-dealkylation sites (N-methyl/N-ethyl adjacent to an activating group) is 1. The molecule has 1 atom stereocenters. The van der Waals surface area contributed by atoms with Crippen molar-refractivity contribution in [2.75, 3.05) is 39.3 Å². The molecular weight excluding hydrogens is 240 g/mol. The Labute approximate surface area is 117 Å². The smallest absolute Gasteiger partial charge is 0.225 e. The molecule has 1 heterocycles. The van der Waals surface area contributed by atoms with Crippen molar-refractivity contribution in [3.8, 4) is 0 Å². The third-order valence-electron chi connectivity index (χ3n) is 4.51. The van der Waals surface area contributed by atoms with Gasteiger partial charge in [-0.05, 0) is 25.9 Å². The fourth-order valence-electron chi connectivity index (χ4n) is 3.23. The molecule has 0 radical (unpaired) electrons. The molecule has 1 saturated heterocycles. The van der Waals surface area contributed by atoms with Crippen LogP contribution in [0.4, 0.5) is 0 Å². The van der Waals surface area contributed by atoms with Crippen LogP contribution in [0.25, 0.3) is 0 Å². The molecule has 4 heteroatoms. The number of amides is 1. The number of rotatable bonds is 5. The van der Waals surface area contributed by atoms with Crippen LogP contribution in [0.15, 0.2) is 0 Å². The van der Waals surface area contributed by atoms with Crippen molar-refractivity contribution in [3.63, 3.8) is 0 Å². The molecule has 1 aliphatic heterocycles. The van der Waals surface area contributed by atoms with Gasteiger partial charge in [0.05, 0.1) is 12.7 Å². The summed E-state index contributed by atoms with van der Waals surface area (Å²) in [5.41, 5.74) is 0. The summed E-state index contributed by atoms with van der Waals surface area (Å²) in [5, 5.41) is 0. The molecular formula is C15H28N2O2. The first kappa shape index (κ1) is 14.8. The van der Waals surface area contributed by atoms with Crippen molar-refractivity contribution in [1.29, 1.82) is 0 Å². The van der Waals surface area contributed by atoms with Crippen LogP contribution in [0.3, 0.4) is 0 Å². The first-order chi connectivity index (χ1) is 9.24. The van der Waals surface area contributed by atoms with Crippen molar-refractivity contribution in [1.82, 2.24) is 9.80 Å². The summed E-state index contributed by atoms with van der Waals surface area (Å²) in [6.45, 7) is 9.66. The van der Waals surface area contributed by atoms with Gasteiger partial charge >= 0.3 is 0 Å². The zero-order chi connectivity index (χ0) is 13.7. The Morgan fingerprint density at radius 3 is 2.58 bits per heavy atom. The first-order valence-corrected chi connectivity index (χ1v) is 7.87. The Bertz CT molecular complexity index is 286. The van der Waals surface area contributed by atoms with Crippen molar-refractivity contribution < 1.29 is 9.53 Å². The Balaban J connectivity index is 1.84. The van der Waals surface area contributed by atoms with Crippen LogP contribution in [0.5, 0.6) is 0 Å². The second-order valence-electron chi connectivity index (χ2n) is 5.74. The molecule has 2 aliphatic rings. The second-order valence-corrected chi connectivity index (χ2v) is 5.74. The predicted octanol–water partition coefficient (Wildman–Crippen LogP) is 1.75. The maximum Gasteiger partial charge on any atom is 0.225 e. The van der Waals surface area contributed by atoms with E-state index in [1.54, 1.807) is 0 Å². The lowest BCUT2D eigenvalue weighted by molar-refractivity contribution is -0.143. The number of nitrogens with zero attached hydrogens (tertiary/aromatic N) is 2. The maximum absolute atomic E-state index is 12.4. The summed E-state index contributed by atoms with van der Waals surface area (Å²) in [6, 6.07) is 0. The molecule has 1 saturated carbocycles. The zero-order valence-corrected chi connectivity index (χ0v) is 12.4. The molecule has 1 amide bonds. The Kier molecular flexibility index (Phi) is 5.64. The molecule has 2 rings (SSSR count).